The maximum Gasteiger partial charge on any atom is 0.416 e. The molecule has 3 rings (SSSR count). The number of ether oxygens (including phenoxy) is 3. The second-order valence-electron chi connectivity index (χ2n) is 10.3. The van der Waals surface area contributed by atoms with Crippen molar-refractivity contribution in [2.75, 3.05) is 66.1 Å². The minimum Gasteiger partial charge on any atom is -0.444 e. The number of rotatable bonds is 7. The number of hydrogen-bond donors (Lipinski definition) is 0. The molecule has 10 heteroatoms. The van der Waals surface area contributed by atoms with Gasteiger partial charge in [0.05, 0.1) is 30.9 Å². The molecule has 0 bridgehead atoms. The van der Waals surface area contributed by atoms with Crippen LogP contribution in [-0.4, -0.2) is 105 Å². The predicted molar refractivity (Wildman–Crippen MR) is 126 cm³/mol. The number of alkyl halides is 3. The Morgan fingerprint density at radius 1 is 1.03 bits per heavy atom. The molecule has 7 nitrogen and oxygen atoms in total. The molecule has 1 aromatic carbocycles. The molecule has 0 N–H and O–H groups in total. The van der Waals surface area contributed by atoms with Crippen molar-refractivity contribution < 1.29 is 32.2 Å². The SMILES string of the molecule is COC[C@@H]1CN(CCN2CCN(C(=O)OC(C)(C)C)[C@H](Cc3ccc(C(F)(F)F)cc3)C2)CCO1. The van der Waals surface area contributed by atoms with Crippen LogP contribution in [0.1, 0.15) is 31.9 Å². The number of amides is 1. The van der Waals surface area contributed by atoms with Crippen molar-refractivity contribution in [3.8, 4) is 0 Å². The van der Waals surface area contributed by atoms with Crippen molar-refractivity contribution in [3.63, 3.8) is 0 Å². The molecule has 198 valence electrons. The summed E-state index contributed by atoms with van der Waals surface area (Å²) in [6.45, 7) is 12.0. The number of piperazine rings is 1. The first-order chi connectivity index (χ1) is 16.4. The largest absolute Gasteiger partial charge is 0.444 e. The Bertz CT molecular complexity index is 812. The highest BCUT2D eigenvalue weighted by Gasteiger charge is 2.34. The van der Waals surface area contributed by atoms with Gasteiger partial charge in [0, 0.05) is 52.9 Å². The molecule has 0 radical (unpaired) electrons. The van der Waals surface area contributed by atoms with Crippen LogP contribution in [0, 0.1) is 0 Å². The predicted octanol–water partition coefficient (Wildman–Crippen LogP) is 3.52. The summed E-state index contributed by atoms with van der Waals surface area (Å²) in [6, 6.07) is 5.00. The van der Waals surface area contributed by atoms with Gasteiger partial charge in [-0.1, -0.05) is 12.1 Å². The van der Waals surface area contributed by atoms with Crippen molar-refractivity contribution in [3.05, 3.63) is 35.4 Å². The van der Waals surface area contributed by atoms with Crippen molar-refractivity contribution in [1.29, 1.82) is 0 Å². The van der Waals surface area contributed by atoms with E-state index in [1.165, 1.54) is 12.1 Å². The van der Waals surface area contributed by atoms with E-state index in [1.54, 1.807) is 12.0 Å². The van der Waals surface area contributed by atoms with Gasteiger partial charge in [0.15, 0.2) is 0 Å². The highest BCUT2D eigenvalue weighted by atomic mass is 19.4. The fourth-order valence-electron chi connectivity index (χ4n) is 4.51. The van der Waals surface area contributed by atoms with E-state index in [0.29, 0.717) is 39.3 Å². The van der Waals surface area contributed by atoms with Gasteiger partial charge in [0.25, 0.3) is 0 Å². The molecule has 0 unspecified atom stereocenters. The quantitative estimate of drug-likeness (QED) is 0.570. The summed E-state index contributed by atoms with van der Waals surface area (Å²) < 4.78 is 55.5. The van der Waals surface area contributed by atoms with E-state index in [2.05, 4.69) is 9.80 Å². The Balaban J connectivity index is 1.64. The highest BCUT2D eigenvalue weighted by Crippen LogP contribution is 2.29. The topological polar surface area (TPSA) is 54.5 Å². The maximum atomic E-state index is 13.0. The molecule has 0 saturated carbocycles. The van der Waals surface area contributed by atoms with E-state index < -0.39 is 17.3 Å². The van der Waals surface area contributed by atoms with Crippen LogP contribution in [0.15, 0.2) is 24.3 Å². The van der Waals surface area contributed by atoms with Crippen LogP contribution >= 0.6 is 0 Å². The first-order valence-corrected chi connectivity index (χ1v) is 12.2. The first-order valence-electron chi connectivity index (χ1n) is 12.2. The van der Waals surface area contributed by atoms with Gasteiger partial charge in [-0.05, 0) is 44.9 Å². The molecule has 2 saturated heterocycles. The van der Waals surface area contributed by atoms with E-state index in [9.17, 15) is 18.0 Å². The van der Waals surface area contributed by atoms with E-state index >= 15 is 0 Å². The minimum atomic E-state index is -4.37. The standard InChI is InChI=1S/C25H38F3N3O4/c1-24(2,3)35-23(32)31-12-11-29(9-10-30-13-14-34-22(17-30)18-33-4)16-21(31)15-19-5-7-20(8-6-19)25(26,27)28/h5-8,21-22H,9-18H2,1-4H3/t21-,22+/m1/s1. The van der Waals surface area contributed by atoms with Crippen LogP contribution in [0.5, 0.6) is 0 Å². The van der Waals surface area contributed by atoms with Crippen LogP contribution < -0.4 is 0 Å². The van der Waals surface area contributed by atoms with Gasteiger partial charge in [-0.2, -0.15) is 13.2 Å². The minimum absolute atomic E-state index is 0.0742. The number of nitrogens with zero attached hydrogens (tertiary/aromatic N) is 3. The van der Waals surface area contributed by atoms with Gasteiger partial charge < -0.3 is 19.1 Å². The van der Waals surface area contributed by atoms with E-state index in [4.69, 9.17) is 14.2 Å². The zero-order valence-electron chi connectivity index (χ0n) is 21.1. The Hall–Kier alpha value is -1.88. The number of halogens is 3. The molecular weight excluding hydrogens is 463 g/mol. The van der Waals surface area contributed by atoms with Gasteiger partial charge in [0.1, 0.15) is 5.60 Å². The average Bonchev–Trinajstić information content (AvgIpc) is 2.77. The van der Waals surface area contributed by atoms with Crippen molar-refractivity contribution in [2.24, 2.45) is 0 Å². The van der Waals surface area contributed by atoms with Crippen molar-refractivity contribution in [1.82, 2.24) is 14.7 Å². The Labute approximate surface area is 206 Å². The second-order valence-corrected chi connectivity index (χ2v) is 10.3. The lowest BCUT2D eigenvalue weighted by molar-refractivity contribution is -0.137. The lowest BCUT2D eigenvalue weighted by Gasteiger charge is -2.42. The fourth-order valence-corrected chi connectivity index (χ4v) is 4.51. The summed E-state index contributed by atoms with van der Waals surface area (Å²) in [6.07, 6.45) is -4.22. The van der Waals surface area contributed by atoms with Crippen LogP contribution in [0.4, 0.5) is 18.0 Å². The monoisotopic (exact) mass is 501 g/mol. The molecule has 0 spiro atoms. The van der Waals surface area contributed by atoms with Gasteiger partial charge in [-0.3, -0.25) is 9.80 Å². The normalized spacial score (nSPS) is 22.9. The van der Waals surface area contributed by atoms with E-state index in [-0.39, 0.29) is 18.2 Å². The molecule has 2 atom stereocenters. The van der Waals surface area contributed by atoms with E-state index in [0.717, 1.165) is 43.9 Å². The molecule has 2 heterocycles. The Morgan fingerprint density at radius 3 is 2.29 bits per heavy atom. The Morgan fingerprint density at radius 2 is 1.69 bits per heavy atom. The number of morpholine rings is 1. The summed E-state index contributed by atoms with van der Waals surface area (Å²) >= 11 is 0. The number of methoxy groups -OCH3 is 1. The van der Waals surface area contributed by atoms with Crippen LogP contribution in [0.2, 0.25) is 0 Å². The number of carbonyl (C=O) groups is 1. The smallest absolute Gasteiger partial charge is 0.416 e. The number of carbonyl (C=O) groups excluding carboxylic acids is 1. The molecule has 2 fully saturated rings. The number of benzene rings is 1. The fraction of sp³-hybridized carbons (Fsp3) is 0.720. The lowest BCUT2D eigenvalue weighted by atomic mass is 10.0. The van der Waals surface area contributed by atoms with Crippen molar-refractivity contribution >= 4 is 6.09 Å². The first kappa shape index (κ1) is 27.7. The van der Waals surface area contributed by atoms with Gasteiger partial charge >= 0.3 is 12.3 Å². The van der Waals surface area contributed by atoms with Crippen LogP contribution in [0.25, 0.3) is 0 Å². The third-order valence-electron chi connectivity index (χ3n) is 6.26. The zero-order chi connectivity index (χ0) is 25.6. The van der Waals surface area contributed by atoms with Crippen molar-refractivity contribution in [2.45, 2.75) is 51.1 Å². The zero-order valence-corrected chi connectivity index (χ0v) is 21.1. The lowest BCUT2D eigenvalue weighted by Crippen LogP contribution is -2.58. The number of hydrogen-bond acceptors (Lipinski definition) is 6. The molecule has 35 heavy (non-hydrogen) atoms. The van der Waals surface area contributed by atoms with E-state index in [1.807, 2.05) is 20.8 Å². The summed E-state index contributed by atoms with van der Waals surface area (Å²) in [5, 5.41) is 0. The molecule has 0 aromatic heterocycles. The molecule has 1 amide bonds. The molecule has 1 aromatic rings. The van der Waals surface area contributed by atoms with Gasteiger partial charge in [0.2, 0.25) is 0 Å². The van der Waals surface area contributed by atoms with Gasteiger partial charge in [-0.15, -0.1) is 0 Å². The van der Waals surface area contributed by atoms with Crippen LogP contribution in [-0.2, 0) is 26.8 Å². The van der Waals surface area contributed by atoms with Crippen LogP contribution in [0.3, 0.4) is 0 Å². The summed E-state index contributed by atoms with van der Waals surface area (Å²) in [7, 11) is 1.67. The third kappa shape index (κ3) is 8.63. The summed E-state index contributed by atoms with van der Waals surface area (Å²) in [5.74, 6) is 0. The highest BCUT2D eigenvalue weighted by molar-refractivity contribution is 5.68. The molecule has 2 aliphatic rings. The molecule has 2 aliphatic heterocycles. The third-order valence-corrected chi connectivity index (χ3v) is 6.26. The summed E-state index contributed by atoms with van der Waals surface area (Å²) in [5.41, 5.74) is -0.538. The molecule has 0 aliphatic carbocycles. The second kappa shape index (κ2) is 11.9. The summed E-state index contributed by atoms with van der Waals surface area (Å²) in [4.78, 5) is 19.3. The maximum absolute atomic E-state index is 13.0. The molecular formula is C25H38F3N3O4. The Kier molecular flexibility index (Phi) is 9.42. The van der Waals surface area contributed by atoms with Gasteiger partial charge in [-0.25, -0.2) is 4.79 Å². The average molecular weight is 502 g/mol.